The minimum atomic E-state index is -2.02. The van der Waals surface area contributed by atoms with Crippen LogP contribution in [0.1, 0.15) is 46.5 Å². The first-order valence-electron chi connectivity index (χ1n) is 9.22. The van der Waals surface area contributed by atoms with Crippen molar-refractivity contribution < 1.29 is 18.8 Å². The molecular formula is C19H33NO4Si. The molecule has 1 heterocycles. The van der Waals surface area contributed by atoms with Gasteiger partial charge < -0.3 is 14.1 Å². The lowest BCUT2D eigenvalue weighted by molar-refractivity contribution is -0.152. The van der Waals surface area contributed by atoms with Crippen LogP contribution in [0.15, 0.2) is 12.7 Å². The Balaban J connectivity index is 2.31. The Kier molecular flexibility index (Phi) is 5.84. The van der Waals surface area contributed by atoms with Gasteiger partial charge in [-0.2, -0.15) is 0 Å². The topological polar surface area (TPSA) is 55.8 Å². The zero-order valence-electron chi connectivity index (χ0n) is 16.5. The van der Waals surface area contributed by atoms with Crippen molar-refractivity contribution in [2.24, 2.45) is 5.92 Å². The van der Waals surface area contributed by atoms with E-state index in [0.29, 0.717) is 12.8 Å². The number of hydrogen-bond acceptors (Lipinski definition) is 4. The van der Waals surface area contributed by atoms with Gasteiger partial charge in [0, 0.05) is 12.3 Å². The van der Waals surface area contributed by atoms with Crippen molar-refractivity contribution >= 4 is 20.2 Å². The molecule has 0 N–H and O–H groups in total. The van der Waals surface area contributed by atoms with Gasteiger partial charge in [0.2, 0.25) is 5.91 Å². The first kappa shape index (κ1) is 20.2. The predicted octanol–water partition coefficient (Wildman–Crippen LogP) is 3.51. The molecule has 1 aliphatic carbocycles. The summed E-state index contributed by atoms with van der Waals surface area (Å²) in [6, 6.07) is -0.679. The Labute approximate surface area is 152 Å². The van der Waals surface area contributed by atoms with Gasteiger partial charge in [0.05, 0.1) is 19.3 Å². The van der Waals surface area contributed by atoms with Crippen LogP contribution in [0.2, 0.25) is 18.1 Å². The van der Waals surface area contributed by atoms with Crippen molar-refractivity contribution in [3.8, 4) is 0 Å². The molecule has 5 nitrogen and oxygen atoms in total. The third-order valence-electron chi connectivity index (χ3n) is 5.89. The van der Waals surface area contributed by atoms with Crippen LogP contribution in [0.4, 0.5) is 0 Å². The Morgan fingerprint density at radius 1 is 1.28 bits per heavy atom. The van der Waals surface area contributed by atoms with Crippen molar-refractivity contribution in [1.82, 2.24) is 4.90 Å². The van der Waals surface area contributed by atoms with E-state index < -0.39 is 14.4 Å². The molecule has 2 fully saturated rings. The van der Waals surface area contributed by atoms with Crippen LogP contribution in [0.25, 0.3) is 0 Å². The van der Waals surface area contributed by atoms with Crippen molar-refractivity contribution in [2.45, 2.75) is 82.8 Å². The number of methoxy groups -OCH3 is 1. The van der Waals surface area contributed by atoms with E-state index in [2.05, 4.69) is 40.4 Å². The lowest BCUT2D eigenvalue weighted by Crippen LogP contribution is -2.50. The normalized spacial score (nSPS) is 27.3. The van der Waals surface area contributed by atoms with Crippen LogP contribution in [-0.2, 0) is 18.8 Å². The quantitative estimate of drug-likeness (QED) is 0.409. The van der Waals surface area contributed by atoms with Crippen LogP contribution in [0, 0.1) is 5.92 Å². The van der Waals surface area contributed by atoms with Crippen molar-refractivity contribution in [3.63, 3.8) is 0 Å². The summed E-state index contributed by atoms with van der Waals surface area (Å²) in [7, 11) is -0.634. The number of ether oxygens (including phenoxy) is 1. The minimum absolute atomic E-state index is 0.0612. The van der Waals surface area contributed by atoms with E-state index in [1.54, 1.807) is 4.90 Å². The number of nitrogens with zero attached hydrogens (tertiary/aromatic N) is 1. The summed E-state index contributed by atoms with van der Waals surface area (Å²) in [5, 5.41) is 0.0699. The molecule has 0 aromatic carbocycles. The molecule has 1 amide bonds. The monoisotopic (exact) mass is 367 g/mol. The summed E-state index contributed by atoms with van der Waals surface area (Å²) in [5.41, 5.74) is 0. The van der Waals surface area contributed by atoms with Gasteiger partial charge in [-0.25, -0.2) is 4.79 Å². The van der Waals surface area contributed by atoms with Crippen LogP contribution in [0.5, 0.6) is 0 Å². The van der Waals surface area contributed by atoms with E-state index >= 15 is 0 Å². The molecule has 6 heteroatoms. The maximum absolute atomic E-state index is 12.9. The number of amides is 1. The predicted molar refractivity (Wildman–Crippen MR) is 101 cm³/mol. The third-order valence-corrected chi connectivity index (χ3v) is 10.4. The van der Waals surface area contributed by atoms with Gasteiger partial charge >= 0.3 is 5.97 Å². The van der Waals surface area contributed by atoms with Gasteiger partial charge in [0.1, 0.15) is 6.04 Å². The maximum Gasteiger partial charge on any atom is 0.328 e. The SMILES string of the molecule is C=CCC1[C@@H](O[Si](C)(C)C(C)(C)C)C[C@H](C(=O)OC)N1C(=O)C1CC1. The van der Waals surface area contributed by atoms with Gasteiger partial charge in [0.15, 0.2) is 8.32 Å². The van der Waals surface area contributed by atoms with Gasteiger partial charge in [-0.15, -0.1) is 6.58 Å². The lowest BCUT2D eigenvalue weighted by Gasteiger charge is -2.40. The summed E-state index contributed by atoms with van der Waals surface area (Å²) >= 11 is 0. The molecule has 0 bridgehead atoms. The lowest BCUT2D eigenvalue weighted by atomic mass is 10.1. The second-order valence-corrected chi connectivity index (χ2v) is 13.6. The summed E-state index contributed by atoms with van der Waals surface area (Å²) in [4.78, 5) is 27.0. The van der Waals surface area contributed by atoms with Crippen molar-refractivity contribution in [3.05, 3.63) is 12.7 Å². The van der Waals surface area contributed by atoms with E-state index in [0.717, 1.165) is 12.8 Å². The highest BCUT2D eigenvalue weighted by Crippen LogP contribution is 2.42. The maximum atomic E-state index is 12.9. The zero-order valence-corrected chi connectivity index (χ0v) is 17.5. The summed E-state index contributed by atoms with van der Waals surface area (Å²) in [5.74, 6) is -0.209. The number of rotatable bonds is 6. The molecule has 0 aromatic rings. The minimum Gasteiger partial charge on any atom is -0.467 e. The van der Waals surface area contributed by atoms with Crippen LogP contribution < -0.4 is 0 Å². The molecule has 0 spiro atoms. The highest BCUT2D eigenvalue weighted by molar-refractivity contribution is 6.74. The molecule has 0 aromatic heterocycles. The van der Waals surface area contributed by atoms with E-state index in [9.17, 15) is 9.59 Å². The molecule has 1 unspecified atom stereocenters. The average Bonchev–Trinajstić information content (AvgIpc) is 3.30. The smallest absolute Gasteiger partial charge is 0.328 e. The fraction of sp³-hybridized carbons (Fsp3) is 0.789. The largest absolute Gasteiger partial charge is 0.467 e. The molecule has 142 valence electrons. The number of likely N-dealkylation sites (tertiary alicyclic amines) is 1. The molecule has 25 heavy (non-hydrogen) atoms. The third kappa shape index (κ3) is 4.17. The van der Waals surface area contributed by atoms with E-state index in [1.807, 2.05) is 6.08 Å². The molecule has 1 saturated heterocycles. The number of esters is 1. The molecule has 3 atom stereocenters. The fourth-order valence-corrected chi connectivity index (χ4v) is 4.59. The highest BCUT2D eigenvalue weighted by atomic mass is 28.4. The second kappa shape index (κ2) is 7.23. The first-order valence-corrected chi connectivity index (χ1v) is 12.1. The Morgan fingerprint density at radius 2 is 1.88 bits per heavy atom. The van der Waals surface area contributed by atoms with E-state index in [-0.39, 0.29) is 35.0 Å². The molecular weight excluding hydrogens is 334 g/mol. The summed E-state index contributed by atoms with van der Waals surface area (Å²) < 4.78 is 11.6. The fourth-order valence-electron chi connectivity index (χ4n) is 3.22. The zero-order chi connectivity index (χ0) is 19.0. The Morgan fingerprint density at radius 3 is 2.32 bits per heavy atom. The van der Waals surface area contributed by atoms with Crippen molar-refractivity contribution in [2.75, 3.05) is 7.11 Å². The highest BCUT2D eigenvalue weighted by Gasteiger charge is 2.52. The number of carbonyl (C=O) groups excluding carboxylic acids is 2. The van der Waals surface area contributed by atoms with Gasteiger partial charge in [-0.3, -0.25) is 4.79 Å². The molecule has 2 rings (SSSR count). The molecule has 1 aliphatic heterocycles. The van der Waals surface area contributed by atoms with Gasteiger partial charge in [-0.1, -0.05) is 26.8 Å². The standard InChI is InChI=1S/C19H33NO4Si/c1-8-9-14-16(24-25(6,7)19(2,3)4)12-15(18(22)23-5)20(14)17(21)13-10-11-13/h8,13-16H,1,9-12H2,2-7H3/t14?,15-,16+/m1/s1. The summed E-state index contributed by atoms with van der Waals surface area (Å²) in [6.45, 7) is 14.8. The van der Waals surface area contributed by atoms with Crippen LogP contribution in [-0.4, -0.2) is 50.4 Å². The molecule has 0 radical (unpaired) electrons. The first-order chi connectivity index (χ1) is 11.5. The van der Waals surface area contributed by atoms with Crippen LogP contribution >= 0.6 is 0 Å². The number of carbonyl (C=O) groups is 2. The van der Waals surface area contributed by atoms with Crippen LogP contribution in [0.3, 0.4) is 0 Å². The molecule has 1 saturated carbocycles. The number of hydrogen-bond donors (Lipinski definition) is 0. The van der Waals surface area contributed by atoms with Crippen molar-refractivity contribution in [1.29, 1.82) is 0 Å². The van der Waals surface area contributed by atoms with Gasteiger partial charge in [-0.05, 0) is 37.4 Å². The second-order valence-electron chi connectivity index (χ2n) is 8.80. The average molecular weight is 368 g/mol. The van der Waals surface area contributed by atoms with E-state index in [4.69, 9.17) is 9.16 Å². The van der Waals surface area contributed by atoms with E-state index in [1.165, 1.54) is 7.11 Å². The summed E-state index contributed by atoms with van der Waals surface area (Å²) in [6.07, 6.45) is 4.64. The Bertz CT molecular complexity index is 536. The molecule has 2 aliphatic rings. The van der Waals surface area contributed by atoms with Gasteiger partial charge in [0.25, 0.3) is 0 Å². The Hall–Kier alpha value is -1.14.